The Balaban J connectivity index is 2.97. The molecule has 3 nitrogen and oxygen atoms in total. The van der Waals surface area contributed by atoms with Crippen LogP contribution in [-0.2, 0) is 4.79 Å². The van der Waals surface area contributed by atoms with E-state index in [1.54, 1.807) is 12.1 Å². The SMILES string of the molecule is O=C=NC(=O)c1ccc(Cl)cc1. The summed E-state index contributed by atoms with van der Waals surface area (Å²) in [6.07, 6.45) is 1.17. The first-order valence-electron chi connectivity index (χ1n) is 3.12. The van der Waals surface area contributed by atoms with Crippen LogP contribution in [0, 0.1) is 0 Å². The Kier molecular flexibility index (Phi) is 2.75. The molecular formula is C8H4ClNO2. The lowest BCUT2D eigenvalue weighted by atomic mass is 10.2. The van der Waals surface area contributed by atoms with Crippen molar-refractivity contribution in [2.75, 3.05) is 0 Å². The van der Waals surface area contributed by atoms with Crippen LogP contribution in [-0.4, -0.2) is 12.0 Å². The minimum absolute atomic E-state index is 0.322. The van der Waals surface area contributed by atoms with Crippen LogP contribution in [0.25, 0.3) is 0 Å². The second-order valence-corrected chi connectivity index (χ2v) is 2.45. The van der Waals surface area contributed by atoms with Gasteiger partial charge in [-0.3, -0.25) is 4.79 Å². The minimum atomic E-state index is -0.610. The zero-order valence-electron chi connectivity index (χ0n) is 5.95. The van der Waals surface area contributed by atoms with Gasteiger partial charge in [-0.15, -0.1) is 4.99 Å². The monoisotopic (exact) mass is 181 g/mol. The molecule has 60 valence electrons. The van der Waals surface area contributed by atoms with Gasteiger partial charge in [0.25, 0.3) is 5.91 Å². The third kappa shape index (κ3) is 2.02. The maximum Gasteiger partial charge on any atom is 0.287 e. The highest BCUT2D eigenvalue weighted by atomic mass is 35.5. The van der Waals surface area contributed by atoms with Crippen LogP contribution >= 0.6 is 11.6 Å². The van der Waals surface area contributed by atoms with Gasteiger partial charge in [0.05, 0.1) is 0 Å². The molecule has 0 aliphatic rings. The van der Waals surface area contributed by atoms with E-state index in [0.717, 1.165) is 0 Å². The van der Waals surface area contributed by atoms with Gasteiger partial charge < -0.3 is 0 Å². The maximum atomic E-state index is 10.9. The van der Waals surface area contributed by atoms with Crippen molar-refractivity contribution in [3.63, 3.8) is 0 Å². The molecule has 0 atom stereocenters. The molecule has 4 heteroatoms. The number of nitrogens with zero attached hydrogens (tertiary/aromatic N) is 1. The quantitative estimate of drug-likeness (QED) is 0.490. The van der Waals surface area contributed by atoms with Crippen LogP contribution in [0.5, 0.6) is 0 Å². The number of aliphatic imine (C=N–C) groups is 1. The van der Waals surface area contributed by atoms with Gasteiger partial charge in [0, 0.05) is 10.6 Å². The van der Waals surface area contributed by atoms with Crippen molar-refractivity contribution in [3.8, 4) is 0 Å². The smallest absolute Gasteiger partial charge is 0.266 e. The molecule has 0 saturated heterocycles. The molecule has 0 N–H and O–H groups in total. The molecule has 0 spiro atoms. The minimum Gasteiger partial charge on any atom is -0.266 e. The molecule has 0 aromatic heterocycles. The van der Waals surface area contributed by atoms with Gasteiger partial charge in [0.1, 0.15) is 0 Å². The highest BCUT2D eigenvalue weighted by Crippen LogP contribution is 2.09. The van der Waals surface area contributed by atoms with Crippen molar-refractivity contribution in [1.82, 2.24) is 0 Å². The lowest BCUT2D eigenvalue weighted by molar-refractivity contribution is 0.100. The van der Waals surface area contributed by atoms with Gasteiger partial charge in [0.2, 0.25) is 6.08 Å². The number of carbonyl (C=O) groups is 1. The van der Waals surface area contributed by atoms with E-state index in [9.17, 15) is 9.59 Å². The zero-order chi connectivity index (χ0) is 8.97. The summed E-state index contributed by atoms with van der Waals surface area (Å²) in [5.74, 6) is -0.610. The molecule has 0 unspecified atom stereocenters. The number of carbonyl (C=O) groups excluding carboxylic acids is 2. The normalized spacial score (nSPS) is 8.75. The molecule has 0 aliphatic carbocycles. The van der Waals surface area contributed by atoms with E-state index < -0.39 is 5.91 Å². The van der Waals surface area contributed by atoms with Crippen LogP contribution < -0.4 is 0 Å². The number of amides is 1. The Morgan fingerprint density at radius 2 is 1.92 bits per heavy atom. The standard InChI is InChI=1S/C8H4ClNO2/c9-7-3-1-6(2-4-7)8(12)10-5-11/h1-4H. The van der Waals surface area contributed by atoms with Gasteiger partial charge >= 0.3 is 0 Å². The average Bonchev–Trinajstić information content (AvgIpc) is 2.06. The van der Waals surface area contributed by atoms with Crippen LogP contribution in [0.4, 0.5) is 0 Å². The van der Waals surface area contributed by atoms with Crippen molar-refractivity contribution in [2.45, 2.75) is 0 Å². The van der Waals surface area contributed by atoms with Gasteiger partial charge in [-0.1, -0.05) is 11.6 Å². The van der Waals surface area contributed by atoms with Crippen molar-refractivity contribution >= 4 is 23.6 Å². The van der Waals surface area contributed by atoms with Gasteiger partial charge in [-0.05, 0) is 24.3 Å². The van der Waals surface area contributed by atoms with Crippen LogP contribution in [0.15, 0.2) is 29.3 Å². The maximum absolute atomic E-state index is 10.9. The third-order valence-corrected chi connectivity index (χ3v) is 1.49. The number of isocyanates is 1. The highest BCUT2D eigenvalue weighted by molar-refractivity contribution is 6.30. The van der Waals surface area contributed by atoms with Crippen molar-refractivity contribution in [2.24, 2.45) is 4.99 Å². The Labute approximate surface area is 73.7 Å². The predicted octanol–water partition coefficient (Wildman–Crippen LogP) is 1.82. The molecule has 0 heterocycles. The Bertz CT molecular complexity index is 339. The van der Waals surface area contributed by atoms with Crippen LogP contribution in [0.3, 0.4) is 0 Å². The molecule has 1 amide bonds. The largest absolute Gasteiger partial charge is 0.287 e. The number of benzene rings is 1. The van der Waals surface area contributed by atoms with Gasteiger partial charge in [-0.25, -0.2) is 4.79 Å². The molecule has 1 aromatic rings. The summed E-state index contributed by atoms with van der Waals surface area (Å²) < 4.78 is 0. The summed E-state index contributed by atoms with van der Waals surface area (Å²) in [6.45, 7) is 0. The summed E-state index contributed by atoms with van der Waals surface area (Å²) in [7, 11) is 0. The molecular weight excluding hydrogens is 178 g/mol. The van der Waals surface area contributed by atoms with E-state index in [4.69, 9.17) is 11.6 Å². The molecule has 1 aromatic carbocycles. The number of rotatable bonds is 1. The molecule has 0 fully saturated rings. The summed E-state index contributed by atoms with van der Waals surface area (Å²) in [5, 5.41) is 0.529. The Morgan fingerprint density at radius 3 is 2.42 bits per heavy atom. The molecule has 12 heavy (non-hydrogen) atoms. The van der Waals surface area contributed by atoms with Crippen LogP contribution in [0.1, 0.15) is 10.4 Å². The van der Waals surface area contributed by atoms with Crippen molar-refractivity contribution in [1.29, 1.82) is 0 Å². The number of halogens is 1. The molecule has 0 aliphatic heterocycles. The Hall–Kier alpha value is -1.44. The summed E-state index contributed by atoms with van der Waals surface area (Å²) in [6, 6.07) is 6.08. The topological polar surface area (TPSA) is 46.5 Å². The third-order valence-electron chi connectivity index (χ3n) is 1.24. The highest BCUT2D eigenvalue weighted by Gasteiger charge is 2.01. The first-order chi connectivity index (χ1) is 5.74. The van der Waals surface area contributed by atoms with Gasteiger partial charge in [0.15, 0.2) is 0 Å². The first kappa shape index (κ1) is 8.65. The second-order valence-electron chi connectivity index (χ2n) is 2.02. The fourth-order valence-corrected chi connectivity index (χ4v) is 0.824. The Morgan fingerprint density at radius 1 is 1.33 bits per heavy atom. The lowest BCUT2D eigenvalue weighted by Crippen LogP contribution is -1.92. The summed E-state index contributed by atoms with van der Waals surface area (Å²) in [4.78, 5) is 23.5. The summed E-state index contributed by atoms with van der Waals surface area (Å²) >= 11 is 5.57. The van der Waals surface area contributed by atoms with Gasteiger partial charge in [-0.2, -0.15) is 0 Å². The van der Waals surface area contributed by atoms with E-state index in [0.29, 0.717) is 10.6 Å². The van der Waals surface area contributed by atoms with Crippen LogP contribution in [0.2, 0.25) is 5.02 Å². The molecule has 0 radical (unpaired) electrons. The second kappa shape index (κ2) is 3.81. The predicted molar refractivity (Wildman–Crippen MR) is 43.9 cm³/mol. The molecule has 1 rings (SSSR count). The molecule has 0 bridgehead atoms. The molecule has 0 saturated carbocycles. The van der Waals surface area contributed by atoms with E-state index >= 15 is 0 Å². The average molecular weight is 182 g/mol. The number of hydrogen-bond acceptors (Lipinski definition) is 2. The zero-order valence-corrected chi connectivity index (χ0v) is 6.71. The van der Waals surface area contributed by atoms with Crippen molar-refractivity contribution in [3.05, 3.63) is 34.9 Å². The number of hydrogen-bond donors (Lipinski definition) is 0. The van der Waals surface area contributed by atoms with Crippen molar-refractivity contribution < 1.29 is 9.59 Å². The first-order valence-corrected chi connectivity index (χ1v) is 3.49. The van der Waals surface area contributed by atoms with E-state index in [-0.39, 0.29) is 0 Å². The summed E-state index contributed by atoms with van der Waals surface area (Å²) in [5.41, 5.74) is 0.322. The fraction of sp³-hybridized carbons (Fsp3) is 0. The lowest BCUT2D eigenvalue weighted by Gasteiger charge is -1.92. The fourth-order valence-electron chi connectivity index (χ4n) is 0.698. The van der Waals surface area contributed by atoms with E-state index in [1.165, 1.54) is 18.2 Å². The van der Waals surface area contributed by atoms with E-state index in [2.05, 4.69) is 4.99 Å². The van der Waals surface area contributed by atoms with E-state index in [1.807, 2.05) is 0 Å².